The van der Waals surface area contributed by atoms with Crippen LogP contribution in [0.4, 0.5) is 9.59 Å². The van der Waals surface area contributed by atoms with Gasteiger partial charge in [-0.1, -0.05) is 54.9 Å². The number of rotatable bonds is 4. The molecule has 0 bridgehead atoms. The number of pyridine rings is 2. The van der Waals surface area contributed by atoms with E-state index in [9.17, 15) is 34.8 Å². The van der Waals surface area contributed by atoms with Gasteiger partial charge in [-0.2, -0.15) is 0 Å². The zero-order chi connectivity index (χ0) is 47.1. The molecule has 2 fully saturated rings. The van der Waals surface area contributed by atoms with Crippen molar-refractivity contribution >= 4 is 64.7 Å². The average molecular weight is 944 g/mol. The molecule has 2 saturated heterocycles. The third-order valence-corrected chi connectivity index (χ3v) is 12.8. The highest BCUT2D eigenvalue weighted by Gasteiger charge is 2.49. The van der Waals surface area contributed by atoms with Gasteiger partial charge in [0.2, 0.25) is 0 Å². The number of amides is 2. The number of carboxylic acids is 1. The van der Waals surface area contributed by atoms with Crippen LogP contribution in [0.5, 0.6) is 0 Å². The molecule has 2 unspecified atom stereocenters. The molecule has 15 heteroatoms. The normalized spacial score (nSPS) is 20.8. The van der Waals surface area contributed by atoms with E-state index in [-0.39, 0.29) is 43.6 Å². The van der Waals surface area contributed by atoms with E-state index in [1.54, 1.807) is 64.7 Å². The molecule has 2 aliphatic carbocycles. The first-order valence-electron chi connectivity index (χ1n) is 21.8. The number of carbonyl (C=O) groups excluding carboxylic acids is 2. The number of piperidine rings is 2. The Kier molecular flexibility index (Phi) is 14.8. The van der Waals surface area contributed by atoms with Crippen molar-refractivity contribution in [1.82, 2.24) is 19.8 Å². The minimum Gasteiger partial charge on any atom is -0.478 e. The first-order chi connectivity index (χ1) is 30.6. The third kappa shape index (κ3) is 10.2. The Morgan fingerprint density at radius 1 is 0.682 bits per heavy atom. The number of aliphatic hydroxyl groups is 3. The van der Waals surface area contributed by atoms with Crippen LogP contribution in [-0.2, 0) is 25.5 Å². The van der Waals surface area contributed by atoms with Gasteiger partial charge in [0.15, 0.2) is 0 Å². The number of fused-ring (bicyclic) bond motifs is 4. The van der Waals surface area contributed by atoms with Crippen LogP contribution in [0, 0.1) is 11.8 Å². The van der Waals surface area contributed by atoms with Gasteiger partial charge in [0.05, 0.1) is 23.6 Å². The summed E-state index contributed by atoms with van der Waals surface area (Å²) in [6.07, 6.45) is 8.12. The number of likely N-dealkylation sites (tertiary alicyclic amines) is 2. The van der Waals surface area contributed by atoms with Crippen molar-refractivity contribution in [3.8, 4) is 0 Å². The Morgan fingerprint density at radius 3 is 1.50 bits per heavy atom. The van der Waals surface area contributed by atoms with Crippen LogP contribution >= 0.6 is 23.2 Å². The molecule has 0 saturated carbocycles. The molecular formula is C51H60Cl2N4O9. The minimum absolute atomic E-state index is 0. The van der Waals surface area contributed by atoms with Gasteiger partial charge in [0, 0.05) is 66.0 Å². The van der Waals surface area contributed by atoms with Crippen LogP contribution in [-0.4, -0.2) is 102 Å². The van der Waals surface area contributed by atoms with Crippen LogP contribution in [0.2, 0.25) is 10.0 Å². The second-order valence-corrected chi connectivity index (χ2v) is 19.8. The summed E-state index contributed by atoms with van der Waals surface area (Å²) in [5.41, 5.74) is 1.12. The smallest absolute Gasteiger partial charge is 0.410 e. The Bertz CT molecular complexity index is 2530. The van der Waals surface area contributed by atoms with Crippen LogP contribution in [0.3, 0.4) is 0 Å². The molecule has 0 spiro atoms. The largest absolute Gasteiger partial charge is 0.478 e. The van der Waals surface area contributed by atoms with Gasteiger partial charge in [-0.15, -0.1) is 0 Å². The van der Waals surface area contributed by atoms with Crippen molar-refractivity contribution in [3.05, 3.63) is 128 Å². The molecule has 0 radical (unpaired) electrons. The van der Waals surface area contributed by atoms with Crippen LogP contribution in [0.1, 0.15) is 119 Å². The summed E-state index contributed by atoms with van der Waals surface area (Å²) < 4.78 is 11.0. The lowest BCUT2D eigenvalue weighted by Crippen LogP contribution is -2.47. The van der Waals surface area contributed by atoms with Gasteiger partial charge < -0.3 is 39.7 Å². The molecule has 2 atom stereocenters. The second-order valence-electron chi connectivity index (χ2n) is 19.0. The number of hydrogen-bond donors (Lipinski definition) is 4. The summed E-state index contributed by atoms with van der Waals surface area (Å²) >= 11 is 12.5. The molecule has 13 nitrogen and oxygen atoms in total. The molecule has 2 aliphatic heterocycles. The molecular weight excluding hydrogens is 883 g/mol. The number of aliphatic hydroxyl groups excluding tert-OH is 1. The summed E-state index contributed by atoms with van der Waals surface area (Å²) in [5, 5.41) is 45.6. The zero-order valence-corrected chi connectivity index (χ0v) is 39.0. The molecule has 352 valence electrons. The SMILES string of the molecule is C.CC(C)(C)OC(=O)N1CCC(C2(O)c3ccc(Cl)cc3C(C(=O)O)=Cc3cccnc32)CC1.CC(C)(C)OC(=O)N1CCC(C2(O)c3ccc(Cl)cc3C(CO)=Cc3cccnc32)CC1. The van der Waals surface area contributed by atoms with Gasteiger partial charge in [0.1, 0.15) is 22.4 Å². The summed E-state index contributed by atoms with van der Waals surface area (Å²) in [5.74, 6) is -1.59. The molecule has 4 aromatic rings. The van der Waals surface area contributed by atoms with Crippen LogP contribution in [0.15, 0.2) is 73.1 Å². The highest BCUT2D eigenvalue weighted by atomic mass is 35.5. The van der Waals surface area contributed by atoms with Crippen LogP contribution < -0.4 is 0 Å². The van der Waals surface area contributed by atoms with Gasteiger partial charge in [-0.3, -0.25) is 9.97 Å². The van der Waals surface area contributed by atoms with Gasteiger partial charge in [-0.05, 0) is 149 Å². The molecule has 4 heterocycles. The summed E-state index contributed by atoms with van der Waals surface area (Å²) in [4.78, 5) is 49.6. The number of aromatic nitrogens is 2. The number of nitrogens with zero attached hydrogens (tertiary/aromatic N) is 4. The van der Waals surface area contributed by atoms with E-state index in [0.717, 1.165) is 11.1 Å². The highest BCUT2D eigenvalue weighted by Crippen LogP contribution is 2.50. The predicted molar refractivity (Wildman–Crippen MR) is 256 cm³/mol. The van der Waals surface area contributed by atoms with E-state index >= 15 is 0 Å². The molecule has 2 amide bonds. The zero-order valence-electron chi connectivity index (χ0n) is 37.5. The fourth-order valence-electron chi connectivity index (χ4n) is 9.39. The number of benzene rings is 2. The number of halogens is 2. The maximum Gasteiger partial charge on any atom is 0.410 e. The Morgan fingerprint density at radius 2 is 1.09 bits per heavy atom. The monoisotopic (exact) mass is 942 g/mol. The van der Waals surface area contributed by atoms with Crippen molar-refractivity contribution in [1.29, 1.82) is 0 Å². The quantitative estimate of drug-likeness (QED) is 0.153. The molecule has 4 N–H and O–H groups in total. The highest BCUT2D eigenvalue weighted by molar-refractivity contribution is 6.31. The molecule has 2 aromatic heterocycles. The van der Waals surface area contributed by atoms with Gasteiger partial charge in [0.25, 0.3) is 0 Å². The number of carboxylic acid groups (broad SMARTS) is 1. The van der Waals surface area contributed by atoms with Gasteiger partial charge in [-0.25, -0.2) is 14.4 Å². The first-order valence-corrected chi connectivity index (χ1v) is 22.6. The van der Waals surface area contributed by atoms with E-state index in [1.807, 2.05) is 65.8 Å². The van der Waals surface area contributed by atoms with Crippen molar-refractivity contribution in [2.75, 3.05) is 32.8 Å². The standard InChI is InChI=1S/C25H27ClN2O5.C25H29ClN2O4.CH4/c1-24(2,3)33-23(31)28-11-8-16(9-12-28)25(32)20-7-6-17(26)14-18(20)19(22(29)30)13-15-5-4-10-27-21(15)25;1-24(2,3)32-23(30)28-11-8-18(9-12-28)25(31)21-7-6-19(26)14-20(21)17(15-29)13-16-5-4-10-27-22(16)25;/h4-7,10,13-14,16,32H,8-9,11-12H2,1-3H3,(H,29,30);4-7,10,13-14,18,29,31H,8-9,11-12,15H2,1-3H3;1H4. The number of aliphatic carboxylic acids is 1. The Labute approximate surface area is 396 Å². The second kappa shape index (κ2) is 19.5. The summed E-state index contributed by atoms with van der Waals surface area (Å²) in [6.45, 7) is 12.6. The van der Waals surface area contributed by atoms with Gasteiger partial charge >= 0.3 is 18.2 Å². The lowest BCUT2D eigenvalue weighted by atomic mass is 9.72. The number of carbonyl (C=O) groups is 3. The lowest BCUT2D eigenvalue weighted by Gasteiger charge is -2.42. The van der Waals surface area contributed by atoms with E-state index in [1.165, 1.54) is 6.08 Å². The topological polar surface area (TPSA) is 183 Å². The first kappa shape index (κ1) is 50.1. The minimum atomic E-state index is -1.55. The maximum absolute atomic E-state index is 12.5. The summed E-state index contributed by atoms with van der Waals surface area (Å²) in [6, 6.07) is 17.4. The van der Waals surface area contributed by atoms with Crippen molar-refractivity contribution in [2.24, 2.45) is 11.8 Å². The predicted octanol–water partition coefficient (Wildman–Crippen LogP) is 9.66. The average Bonchev–Trinajstić information content (AvgIpc) is 3.44. The Hall–Kier alpha value is -5.31. The fraction of sp³-hybridized carbons (Fsp3) is 0.431. The number of hydrogen-bond acceptors (Lipinski definition) is 10. The van der Waals surface area contributed by atoms with E-state index in [4.69, 9.17) is 32.7 Å². The molecule has 8 rings (SSSR count). The van der Waals surface area contributed by atoms with Crippen molar-refractivity contribution < 1.29 is 44.3 Å². The molecule has 4 aliphatic rings. The van der Waals surface area contributed by atoms with Crippen molar-refractivity contribution in [2.45, 2.75) is 97.1 Å². The molecule has 66 heavy (non-hydrogen) atoms. The van der Waals surface area contributed by atoms with Crippen LogP contribution in [0.25, 0.3) is 23.3 Å². The lowest BCUT2D eigenvalue weighted by molar-refractivity contribution is -0.130. The number of ether oxygens (including phenoxy) is 2. The Balaban J connectivity index is 0.000000215. The summed E-state index contributed by atoms with van der Waals surface area (Å²) in [7, 11) is 0. The maximum atomic E-state index is 12.5. The van der Waals surface area contributed by atoms with E-state index < -0.39 is 28.4 Å². The molecule has 2 aromatic carbocycles. The van der Waals surface area contributed by atoms with E-state index in [2.05, 4.69) is 9.97 Å². The van der Waals surface area contributed by atoms with Crippen molar-refractivity contribution in [3.63, 3.8) is 0 Å². The van der Waals surface area contributed by atoms with E-state index in [0.29, 0.717) is 101 Å². The fourth-order valence-corrected chi connectivity index (χ4v) is 9.74. The third-order valence-electron chi connectivity index (χ3n) is 12.3.